The van der Waals surface area contributed by atoms with Crippen molar-refractivity contribution in [3.63, 3.8) is 0 Å². The molecule has 0 aliphatic heterocycles. The lowest BCUT2D eigenvalue weighted by molar-refractivity contribution is 0.259. The van der Waals surface area contributed by atoms with Crippen molar-refractivity contribution in [3.8, 4) is 0 Å². The van der Waals surface area contributed by atoms with Crippen LogP contribution in [0.5, 0.6) is 0 Å². The Morgan fingerprint density at radius 1 is 0.926 bits per heavy atom. The van der Waals surface area contributed by atoms with Gasteiger partial charge < -0.3 is 5.32 Å². The predicted molar refractivity (Wildman–Crippen MR) is 103 cm³/mol. The number of nitrogens with one attached hydrogen (secondary N) is 2. The summed E-state index contributed by atoms with van der Waals surface area (Å²) in [6.07, 6.45) is 2.95. The van der Waals surface area contributed by atoms with Crippen LogP contribution in [0.2, 0.25) is 0 Å². The summed E-state index contributed by atoms with van der Waals surface area (Å²) < 4.78 is 26.0. The van der Waals surface area contributed by atoms with Crippen molar-refractivity contribution in [3.05, 3.63) is 90.0 Å². The molecule has 0 bridgehead atoms. The molecule has 3 rings (SSSR count). The average molecular weight is 382 g/mol. The maximum atomic E-state index is 12.4. The SMILES string of the molecule is Cc1ccc(S(=O)(=O)Nn2ccc(=NC(=O)Nc3ccccc3)cc2)cc1. The lowest BCUT2D eigenvalue weighted by atomic mass is 10.2. The first-order chi connectivity index (χ1) is 12.9. The van der Waals surface area contributed by atoms with Crippen LogP contribution in [-0.4, -0.2) is 19.1 Å². The monoisotopic (exact) mass is 382 g/mol. The summed E-state index contributed by atoms with van der Waals surface area (Å²) in [5.74, 6) is 0. The number of hydrogen-bond acceptors (Lipinski definition) is 3. The van der Waals surface area contributed by atoms with Gasteiger partial charge in [0.25, 0.3) is 10.0 Å². The number of rotatable bonds is 4. The second kappa shape index (κ2) is 7.88. The number of aromatic nitrogens is 1. The Morgan fingerprint density at radius 2 is 1.56 bits per heavy atom. The van der Waals surface area contributed by atoms with Gasteiger partial charge in [0, 0.05) is 18.1 Å². The van der Waals surface area contributed by atoms with E-state index in [4.69, 9.17) is 0 Å². The number of nitrogens with zero attached hydrogens (tertiary/aromatic N) is 2. The number of hydrogen-bond donors (Lipinski definition) is 2. The van der Waals surface area contributed by atoms with E-state index in [-0.39, 0.29) is 4.90 Å². The van der Waals surface area contributed by atoms with Crippen molar-refractivity contribution in [2.24, 2.45) is 4.99 Å². The van der Waals surface area contributed by atoms with Gasteiger partial charge >= 0.3 is 6.03 Å². The molecule has 8 heteroatoms. The number of para-hydroxylation sites is 1. The van der Waals surface area contributed by atoms with E-state index in [1.165, 1.54) is 41.3 Å². The zero-order valence-electron chi connectivity index (χ0n) is 14.5. The minimum Gasteiger partial charge on any atom is -0.306 e. The fourth-order valence-electron chi connectivity index (χ4n) is 2.25. The van der Waals surface area contributed by atoms with Crippen LogP contribution in [0, 0.1) is 6.92 Å². The van der Waals surface area contributed by atoms with E-state index in [9.17, 15) is 13.2 Å². The predicted octanol–water partition coefficient (Wildman–Crippen LogP) is 2.86. The van der Waals surface area contributed by atoms with Gasteiger partial charge in [-0.1, -0.05) is 35.9 Å². The van der Waals surface area contributed by atoms with E-state index in [1.54, 1.807) is 36.4 Å². The molecular weight excluding hydrogens is 364 g/mol. The molecule has 2 N–H and O–H groups in total. The van der Waals surface area contributed by atoms with Crippen LogP contribution < -0.4 is 15.5 Å². The number of pyridine rings is 1. The minimum absolute atomic E-state index is 0.164. The highest BCUT2D eigenvalue weighted by Gasteiger charge is 2.12. The third-order valence-electron chi connectivity index (χ3n) is 3.62. The van der Waals surface area contributed by atoms with Crippen LogP contribution in [0.25, 0.3) is 0 Å². The molecule has 0 saturated heterocycles. The molecular formula is C19H18N4O3S. The van der Waals surface area contributed by atoms with Crippen LogP contribution in [-0.2, 0) is 10.0 Å². The second-order valence-electron chi connectivity index (χ2n) is 5.78. The fourth-order valence-corrected chi connectivity index (χ4v) is 3.25. The Kier molecular flexibility index (Phi) is 5.37. The van der Waals surface area contributed by atoms with E-state index in [1.807, 2.05) is 13.0 Å². The first-order valence-corrected chi connectivity index (χ1v) is 9.59. The highest BCUT2D eigenvalue weighted by molar-refractivity contribution is 7.92. The molecule has 2 amide bonds. The van der Waals surface area contributed by atoms with E-state index in [2.05, 4.69) is 15.1 Å². The standard InChI is InChI=1S/C19H18N4O3S/c1-15-7-9-18(10-8-15)27(25,26)22-23-13-11-17(12-14-23)21-19(24)20-16-5-3-2-4-6-16/h2-14,22H,1H3,(H,20,24). The number of aryl methyl sites for hydroxylation is 1. The molecule has 3 aromatic rings. The van der Waals surface area contributed by atoms with Crippen LogP contribution in [0.15, 0.2) is 89.0 Å². The first kappa shape index (κ1) is 18.4. The molecule has 0 saturated carbocycles. The Morgan fingerprint density at radius 3 is 2.19 bits per heavy atom. The maximum Gasteiger partial charge on any atom is 0.345 e. The summed E-state index contributed by atoms with van der Waals surface area (Å²) in [4.78, 5) is 18.4. The molecule has 1 aromatic heterocycles. The zero-order valence-corrected chi connectivity index (χ0v) is 15.3. The molecule has 138 valence electrons. The van der Waals surface area contributed by atoms with Gasteiger partial charge in [0.15, 0.2) is 0 Å². The van der Waals surface area contributed by atoms with E-state index in [0.29, 0.717) is 11.0 Å². The van der Waals surface area contributed by atoms with Gasteiger partial charge in [-0.15, -0.1) is 0 Å². The van der Waals surface area contributed by atoms with Crippen molar-refractivity contribution in [1.82, 2.24) is 4.68 Å². The minimum atomic E-state index is -3.70. The van der Waals surface area contributed by atoms with Gasteiger partial charge in [-0.2, -0.15) is 13.4 Å². The van der Waals surface area contributed by atoms with Crippen molar-refractivity contribution < 1.29 is 13.2 Å². The number of amides is 2. The Balaban J connectivity index is 1.71. The van der Waals surface area contributed by atoms with Gasteiger partial charge in [0.05, 0.1) is 10.3 Å². The number of carbonyl (C=O) groups excluding carboxylic acids is 1. The van der Waals surface area contributed by atoms with Crippen molar-refractivity contribution in [2.75, 3.05) is 10.1 Å². The molecule has 0 aliphatic rings. The molecule has 27 heavy (non-hydrogen) atoms. The molecule has 2 aromatic carbocycles. The van der Waals surface area contributed by atoms with Crippen LogP contribution in [0.1, 0.15) is 5.56 Å². The van der Waals surface area contributed by atoms with Gasteiger partial charge in [-0.05, 0) is 43.3 Å². The van der Waals surface area contributed by atoms with Gasteiger partial charge in [0.2, 0.25) is 0 Å². The van der Waals surface area contributed by atoms with Gasteiger partial charge in [0.1, 0.15) is 0 Å². The lowest BCUT2D eigenvalue weighted by Gasteiger charge is -2.10. The number of benzene rings is 2. The molecule has 7 nitrogen and oxygen atoms in total. The second-order valence-corrected chi connectivity index (χ2v) is 7.44. The third kappa shape index (κ3) is 5.05. The van der Waals surface area contributed by atoms with Gasteiger partial charge in [-0.25, -0.2) is 9.63 Å². The summed E-state index contributed by atoms with van der Waals surface area (Å²) in [5.41, 5.74) is 1.62. The topological polar surface area (TPSA) is 92.6 Å². The number of sulfonamides is 1. The molecule has 0 aliphatic carbocycles. The Labute approximate surface area is 157 Å². The highest BCUT2D eigenvalue weighted by Crippen LogP contribution is 2.10. The molecule has 0 unspecified atom stereocenters. The number of urea groups is 1. The van der Waals surface area contributed by atoms with E-state index < -0.39 is 16.1 Å². The molecule has 0 spiro atoms. The molecule has 0 fully saturated rings. The summed E-state index contributed by atoms with van der Waals surface area (Å²) in [6, 6.07) is 18.1. The molecule has 1 heterocycles. The summed E-state index contributed by atoms with van der Waals surface area (Å²) in [5, 5.41) is 3.04. The normalized spacial score (nSPS) is 10.9. The fraction of sp³-hybridized carbons (Fsp3) is 0.0526. The third-order valence-corrected chi connectivity index (χ3v) is 4.97. The molecule has 0 radical (unpaired) electrons. The molecule has 0 atom stereocenters. The summed E-state index contributed by atoms with van der Waals surface area (Å²) in [6.45, 7) is 1.88. The zero-order chi connectivity index (χ0) is 19.3. The largest absolute Gasteiger partial charge is 0.345 e. The van der Waals surface area contributed by atoms with Crippen molar-refractivity contribution in [1.29, 1.82) is 0 Å². The van der Waals surface area contributed by atoms with Crippen molar-refractivity contribution >= 4 is 21.7 Å². The van der Waals surface area contributed by atoms with E-state index in [0.717, 1.165) is 5.56 Å². The van der Waals surface area contributed by atoms with E-state index >= 15 is 0 Å². The lowest BCUT2D eigenvalue weighted by Crippen LogP contribution is -2.24. The summed E-state index contributed by atoms with van der Waals surface area (Å²) >= 11 is 0. The summed E-state index contributed by atoms with van der Waals surface area (Å²) in [7, 11) is -3.70. The van der Waals surface area contributed by atoms with Crippen LogP contribution in [0.3, 0.4) is 0 Å². The quantitative estimate of drug-likeness (QED) is 0.727. The van der Waals surface area contributed by atoms with Crippen LogP contribution in [0.4, 0.5) is 10.5 Å². The maximum absolute atomic E-state index is 12.4. The number of carbonyl (C=O) groups is 1. The van der Waals surface area contributed by atoms with Crippen molar-refractivity contribution in [2.45, 2.75) is 11.8 Å². The Hall–Kier alpha value is -3.39. The highest BCUT2D eigenvalue weighted by atomic mass is 32.2. The van der Waals surface area contributed by atoms with Crippen LogP contribution >= 0.6 is 0 Å². The smallest absolute Gasteiger partial charge is 0.306 e. The first-order valence-electron chi connectivity index (χ1n) is 8.11. The van der Waals surface area contributed by atoms with Gasteiger partial charge in [-0.3, -0.25) is 4.68 Å². The Bertz CT molecular complexity index is 1090. The average Bonchev–Trinajstić information content (AvgIpc) is 2.64. The number of anilines is 1.